The van der Waals surface area contributed by atoms with Crippen molar-refractivity contribution in [3.8, 4) is 5.75 Å². The fourth-order valence-electron chi connectivity index (χ4n) is 4.45. The zero-order chi connectivity index (χ0) is 32.0. The molecule has 0 fully saturated rings. The van der Waals surface area contributed by atoms with Gasteiger partial charge in [0.05, 0.1) is 26.6 Å². The minimum Gasteiger partial charge on any atom is -0.480 e. The molecule has 0 radical (unpaired) electrons. The van der Waals surface area contributed by atoms with E-state index in [1.165, 1.54) is 35.6 Å². The number of aromatic nitrogens is 1. The van der Waals surface area contributed by atoms with Gasteiger partial charge in [-0.1, -0.05) is 47.5 Å². The number of sulfone groups is 1. The van der Waals surface area contributed by atoms with Crippen LogP contribution in [0.4, 0.5) is 5.69 Å². The fraction of sp³-hybridized carbons (Fsp3) is 0.121. The van der Waals surface area contributed by atoms with E-state index in [0.29, 0.717) is 28.5 Å². The van der Waals surface area contributed by atoms with Gasteiger partial charge in [-0.2, -0.15) is 0 Å². The van der Waals surface area contributed by atoms with Crippen molar-refractivity contribution >= 4 is 84.3 Å². The Kier molecular flexibility index (Phi) is 10.2. The van der Waals surface area contributed by atoms with E-state index in [9.17, 15) is 18.0 Å². The van der Waals surface area contributed by atoms with Crippen molar-refractivity contribution in [3.63, 3.8) is 0 Å². The Morgan fingerprint density at radius 2 is 1.71 bits per heavy atom. The third kappa shape index (κ3) is 8.70. The third-order valence-electron chi connectivity index (χ3n) is 6.63. The number of aliphatic carboxylic acids is 1. The summed E-state index contributed by atoms with van der Waals surface area (Å²) in [4.78, 5) is 29.2. The number of carboxylic acid groups (broad SMARTS) is 1. The number of amides is 1. The van der Waals surface area contributed by atoms with E-state index in [0.717, 1.165) is 26.4 Å². The number of aryl methyl sites for hydroxylation is 1. The number of nitrogens with one attached hydrogen (secondary N) is 1. The summed E-state index contributed by atoms with van der Waals surface area (Å²) in [6.45, 7) is -0.597. The van der Waals surface area contributed by atoms with E-state index in [1.54, 1.807) is 42.5 Å². The Hall–Kier alpha value is -4.22. The van der Waals surface area contributed by atoms with Gasteiger partial charge < -0.3 is 15.2 Å². The molecule has 0 saturated heterocycles. The summed E-state index contributed by atoms with van der Waals surface area (Å²) in [6.07, 6.45) is 4.44. The minimum absolute atomic E-state index is 0.0847. The van der Waals surface area contributed by atoms with Crippen LogP contribution in [0.15, 0.2) is 89.8 Å². The second-order valence-electron chi connectivity index (χ2n) is 9.97. The molecular weight excluding hydrogens is 655 g/mol. The summed E-state index contributed by atoms with van der Waals surface area (Å²) in [5.74, 6) is -1.50. The highest BCUT2D eigenvalue weighted by atomic mass is 35.5. The van der Waals surface area contributed by atoms with Crippen LogP contribution in [0.5, 0.6) is 5.75 Å². The fourth-order valence-corrected chi connectivity index (χ4v) is 7.04. The van der Waals surface area contributed by atoms with Gasteiger partial charge in [-0.15, -0.1) is 11.3 Å². The average Bonchev–Trinajstić information content (AvgIpc) is 3.42. The van der Waals surface area contributed by atoms with Crippen molar-refractivity contribution in [3.05, 3.63) is 117 Å². The normalized spacial score (nSPS) is 11.6. The summed E-state index contributed by atoms with van der Waals surface area (Å²) < 4.78 is 31.8. The van der Waals surface area contributed by atoms with Gasteiger partial charge in [-0.25, -0.2) is 18.2 Å². The highest BCUT2D eigenvalue weighted by Crippen LogP contribution is 2.29. The predicted molar refractivity (Wildman–Crippen MR) is 179 cm³/mol. The lowest BCUT2D eigenvalue weighted by atomic mass is 10.1. The van der Waals surface area contributed by atoms with Crippen LogP contribution in [-0.2, 0) is 21.1 Å². The average molecular weight is 682 g/mol. The Morgan fingerprint density at radius 3 is 2.49 bits per heavy atom. The summed E-state index contributed by atoms with van der Waals surface area (Å²) in [7, 11) is -3.51. The van der Waals surface area contributed by atoms with Crippen molar-refractivity contribution in [2.75, 3.05) is 17.7 Å². The summed E-state index contributed by atoms with van der Waals surface area (Å²) in [5, 5.41) is 13.8. The van der Waals surface area contributed by atoms with Gasteiger partial charge in [-0.3, -0.25) is 4.79 Å². The molecule has 4 aromatic carbocycles. The molecule has 0 aliphatic carbocycles. The predicted octanol–water partition coefficient (Wildman–Crippen LogP) is 7.90. The highest BCUT2D eigenvalue weighted by molar-refractivity contribution is 7.91. The molecule has 0 spiro atoms. The van der Waals surface area contributed by atoms with Crippen molar-refractivity contribution in [2.45, 2.75) is 17.7 Å². The number of nitrogens with zero attached hydrogens (tertiary/aromatic N) is 1. The number of carboxylic acids is 1. The van der Waals surface area contributed by atoms with Crippen molar-refractivity contribution in [1.82, 2.24) is 4.98 Å². The number of hydrogen-bond donors (Lipinski definition) is 2. The Balaban J connectivity index is 1.29. The molecule has 1 heterocycles. The van der Waals surface area contributed by atoms with E-state index in [4.69, 9.17) is 33.0 Å². The maximum atomic E-state index is 13.3. The van der Waals surface area contributed by atoms with E-state index in [-0.39, 0.29) is 22.1 Å². The molecule has 5 rings (SSSR count). The first kappa shape index (κ1) is 32.2. The number of carbonyl (C=O) groups excluding carboxylic acids is 1. The van der Waals surface area contributed by atoms with E-state index >= 15 is 0 Å². The van der Waals surface area contributed by atoms with Crippen LogP contribution >= 0.6 is 34.5 Å². The second kappa shape index (κ2) is 14.3. The summed E-state index contributed by atoms with van der Waals surface area (Å²) >= 11 is 13.5. The van der Waals surface area contributed by atoms with Crippen molar-refractivity contribution in [2.24, 2.45) is 0 Å². The molecule has 2 N–H and O–H groups in total. The maximum Gasteiger partial charge on any atom is 0.341 e. The summed E-state index contributed by atoms with van der Waals surface area (Å²) in [6, 6.07) is 23.5. The van der Waals surface area contributed by atoms with Gasteiger partial charge in [-0.05, 0) is 96.8 Å². The van der Waals surface area contributed by atoms with Crippen LogP contribution in [0.1, 0.15) is 32.9 Å². The highest BCUT2D eigenvalue weighted by Gasteiger charge is 2.16. The molecule has 5 aromatic rings. The molecule has 230 valence electrons. The first-order valence-electron chi connectivity index (χ1n) is 13.7. The summed E-state index contributed by atoms with van der Waals surface area (Å²) in [5.41, 5.74) is 3.01. The molecule has 0 unspecified atom stereocenters. The zero-order valence-corrected chi connectivity index (χ0v) is 26.7. The molecule has 8 nitrogen and oxygen atoms in total. The lowest BCUT2D eigenvalue weighted by Crippen LogP contribution is -2.15. The molecule has 0 atom stereocenters. The number of carbonyl (C=O) groups is 2. The van der Waals surface area contributed by atoms with Crippen molar-refractivity contribution < 1.29 is 27.9 Å². The van der Waals surface area contributed by atoms with Gasteiger partial charge in [0.1, 0.15) is 10.8 Å². The number of fused-ring (bicyclic) bond motifs is 1. The lowest BCUT2D eigenvalue weighted by molar-refractivity contribution is -0.139. The van der Waals surface area contributed by atoms with E-state index < -0.39 is 28.3 Å². The van der Waals surface area contributed by atoms with Crippen LogP contribution in [0, 0.1) is 0 Å². The number of rotatable bonds is 12. The van der Waals surface area contributed by atoms with Crippen LogP contribution in [0.25, 0.3) is 22.4 Å². The Bertz CT molecular complexity index is 2010. The zero-order valence-electron chi connectivity index (χ0n) is 23.6. The minimum atomic E-state index is -3.51. The number of benzene rings is 4. The molecule has 45 heavy (non-hydrogen) atoms. The molecule has 12 heteroatoms. The van der Waals surface area contributed by atoms with Gasteiger partial charge in [0.15, 0.2) is 16.4 Å². The van der Waals surface area contributed by atoms with Crippen molar-refractivity contribution in [1.29, 1.82) is 0 Å². The Labute approximate surface area is 273 Å². The Morgan fingerprint density at radius 1 is 0.933 bits per heavy atom. The van der Waals surface area contributed by atoms with E-state index in [2.05, 4.69) is 10.3 Å². The smallest absolute Gasteiger partial charge is 0.341 e. The topological polar surface area (TPSA) is 123 Å². The number of ether oxygens (including phenoxy) is 1. The monoisotopic (exact) mass is 680 g/mol. The number of hydrogen-bond acceptors (Lipinski definition) is 7. The van der Waals surface area contributed by atoms with Gasteiger partial charge in [0, 0.05) is 15.6 Å². The first-order chi connectivity index (χ1) is 21.6. The molecular formula is C33H26Cl2N2O6S2. The van der Waals surface area contributed by atoms with Crippen LogP contribution < -0.4 is 10.1 Å². The standard InChI is InChI=1S/C33H26Cl2N2O6S2/c34-24-8-11-26(12-9-24)45(41,42)16-2-4-22-6-14-29(43-20-32(38)39)28(18-22)37-33(40)23-5-1-3-21(17-23)7-15-31-36-27-13-10-25(35)19-30(27)44-31/h1,3,5-15,17-19H,2,4,16,20H2,(H,37,40)(H,38,39). The quantitative estimate of drug-likeness (QED) is 0.137. The molecule has 0 aliphatic heterocycles. The largest absolute Gasteiger partial charge is 0.480 e. The molecule has 0 saturated carbocycles. The van der Waals surface area contributed by atoms with Crippen LogP contribution in [-0.4, -0.2) is 42.7 Å². The van der Waals surface area contributed by atoms with E-state index in [1.807, 2.05) is 30.4 Å². The van der Waals surface area contributed by atoms with Gasteiger partial charge in [0.25, 0.3) is 5.91 Å². The third-order valence-corrected chi connectivity index (χ3v) is 9.92. The molecule has 1 aromatic heterocycles. The second-order valence-corrected chi connectivity index (χ2v) is 14.0. The number of halogens is 2. The SMILES string of the molecule is O=C(O)COc1ccc(CCCS(=O)(=O)c2ccc(Cl)cc2)cc1NC(=O)c1cccc(C=Cc2nc3ccc(Cl)cc3s2)c1. The lowest BCUT2D eigenvalue weighted by Gasteiger charge is -2.14. The van der Waals surface area contributed by atoms with Crippen LogP contribution in [0.2, 0.25) is 10.0 Å². The first-order valence-corrected chi connectivity index (χ1v) is 16.9. The maximum absolute atomic E-state index is 13.3. The number of thiazole rings is 1. The van der Waals surface area contributed by atoms with Gasteiger partial charge in [0.2, 0.25) is 0 Å². The molecule has 0 aliphatic rings. The molecule has 1 amide bonds. The molecule has 0 bridgehead atoms. The van der Waals surface area contributed by atoms with Gasteiger partial charge >= 0.3 is 5.97 Å². The van der Waals surface area contributed by atoms with Crippen LogP contribution in [0.3, 0.4) is 0 Å². The number of anilines is 1.